The number of hydrogen-bond acceptors (Lipinski definition) is 7. The summed E-state index contributed by atoms with van der Waals surface area (Å²) in [5.41, 5.74) is 5.22. The second-order valence-electron chi connectivity index (χ2n) is 3.30. The van der Waals surface area contributed by atoms with Gasteiger partial charge in [-0.05, 0) is 22.0 Å². The Morgan fingerprint density at radius 2 is 2.28 bits per heavy atom. The first-order chi connectivity index (χ1) is 8.52. The van der Waals surface area contributed by atoms with Crippen LogP contribution in [0, 0.1) is 10.1 Å². The fourth-order valence-electron chi connectivity index (χ4n) is 1.31. The molecule has 1 aromatic heterocycles. The van der Waals surface area contributed by atoms with Gasteiger partial charge in [0, 0.05) is 11.6 Å². The molecule has 0 atom stereocenters. The second-order valence-corrected chi connectivity index (χ2v) is 4.15. The van der Waals surface area contributed by atoms with Crippen molar-refractivity contribution in [1.82, 2.24) is 10.1 Å². The number of nitrogens with zero attached hydrogens (tertiary/aromatic N) is 3. The van der Waals surface area contributed by atoms with E-state index in [1.165, 1.54) is 6.07 Å². The van der Waals surface area contributed by atoms with Crippen molar-refractivity contribution >= 4 is 21.6 Å². The van der Waals surface area contributed by atoms with Gasteiger partial charge in [-0.3, -0.25) is 10.1 Å². The number of nitro groups is 1. The fourth-order valence-corrected chi connectivity index (χ4v) is 1.76. The molecule has 0 saturated heterocycles. The van der Waals surface area contributed by atoms with E-state index in [-0.39, 0.29) is 22.7 Å². The molecule has 1 aromatic carbocycles. The predicted octanol–water partition coefficient (Wildman–Crippen LogP) is 1.57. The Kier molecular flexibility index (Phi) is 3.26. The molecular weight excluding hydrogens is 308 g/mol. The normalized spacial score (nSPS) is 10.6. The van der Waals surface area contributed by atoms with E-state index >= 15 is 0 Å². The average molecular weight is 315 g/mol. The zero-order valence-electron chi connectivity index (χ0n) is 8.83. The molecule has 2 rings (SSSR count). The van der Waals surface area contributed by atoms with Crippen molar-refractivity contribution in [3.05, 3.63) is 32.6 Å². The molecule has 0 aliphatic rings. The number of aromatic hydroxyl groups is 1. The number of phenolic OH excluding ortho intramolecular Hbond substituents is 1. The Morgan fingerprint density at radius 3 is 2.83 bits per heavy atom. The van der Waals surface area contributed by atoms with Gasteiger partial charge in [-0.15, -0.1) is 0 Å². The molecule has 1 heterocycles. The van der Waals surface area contributed by atoms with Crippen molar-refractivity contribution in [3.63, 3.8) is 0 Å². The SMILES string of the molecule is NCc1nc(-c2cc(Br)c(O)c([N+](=O)[O-])c2)no1. The van der Waals surface area contributed by atoms with Crippen molar-refractivity contribution in [3.8, 4) is 17.1 Å². The van der Waals surface area contributed by atoms with Crippen LogP contribution in [0.1, 0.15) is 5.89 Å². The Morgan fingerprint density at radius 1 is 1.56 bits per heavy atom. The van der Waals surface area contributed by atoms with Crippen molar-refractivity contribution in [2.24, 2.45) is 5.73 Å². The molecule has 0 aliphatic heterocycles. The molecule has 0 unspecified atom stereocenters. The van der Waals surface area contributed by atoms with E-state index in [0.29, 0.717) is 5.56 Å². The van der Waals surface area contributed by atoms with Crippen LogP contribution in [0.15, 0.2) is 21.1 Å². The van der Waals surface area contributed by atoms with E-state index in [2.05, 4.69) is 26.1 Å². The molecule has 2 aromatic rings. The van der Waals surface area contributed by atoms with Crippen LogP contribution in [0.4, 0.5) is 5.69 Å². The quantitative estimate of drug-likeness (QED) is 0.649. The van der Waals surface area contributed by atoms with Crippen molar-refractivity contribution < 1.29 is 14.6 Å². The summed E-state index contributed by atoms with van der Waals surface area (Å²) in [6.45, 7) is 0.0777. The van der Waals surface area contributed by atoms with Gasteiger partial charge in [0.1, 0.15) is 0 Å². The van der Waals surface area contributed by atoms with E-state index in [9.17, 15) is 15.2 Å². The summed E-state index contributed by atoms with van der Waals surface area (Å²) in [7, 11) is 0. The smallest absolute Gasteiger partial charge is 0.312 e. The van der Waals surface area contributed by atoms with Gasteiger partial charge in [0.25, 0.3) is 0 Å². The topological polar surface area (TPSA) is 128 Å². The van der Waals surface area contributed by atoms with Gasteiger partial charge in [0.05, 0.1) is 15.9 Å². The van der Waals surface area contributed by atoms with Crippen LogP contribution < -0.4 is 5.73 Å². The number of benzene rings is 1. The zero-order valence-corrected chi connectivity index (χ0v) is 10.4. The molecule has 0 amide bonds. The van der Waals surface area contributed by atoms with E-state index < -0.39 is 16.4 Å². The van der Waals surface area contributed by atoms with Crippen molar-refractivity contribution in [2.45, 2.75) is 6.54 Å². The highest BCUT2D eigenvalue weighted by Gasteiger charge is 2.20. The highest BCUT2D eigenvalue weighted by atomic mass is 79.9. The summed E-state index contributed by atoms with van der Waals surface area (Å²) in [5, 5.41) is 23.9. The van der Waals surface area contributed by atoms with Crippen LogP contribution in [-0.4, -0.2) is 20.2 Å². The Balaban J connectivity index is 2.55. The molecule has 0 spiro atoms. The minimum absolute atomic E-state index is 0.0777. The zero-order chi connectivity index (χ0) is 13.3. The van der Waals surface area contributed by atoms with Crippen LogP contribution in [0.25, 0.3) is 11.4 Å². The minimum Gasteiger partial charge on any atom is -0.501 e. The summed E-state index contributed by atoms with van der Waals surface area (Å²) >= 11 is 3.02. The van der Waals surface area contributed by atoms with Gasteiger partial charge in [-0.25, -0.2) is 0 Å². The van der Waals surface area contributed by atoms with Gasteiger partial charge < -0.3 is 15.4 Å². The van der Waals surface area contributed by atoms with Gasteiger partial charge in [-0.2, -0.15) is 4.98 Å². The molecule has 9 heteroatoms. The molecule has 0 aliphatic carbocycles. The third-order valence-electron chi connectivity index (χ3n) is 2.14. The maximum absolute atomic E-state index is 10.8. The monoisotopic (exact) mass is 314 g/mol. The summed E-state index contributed by atoms with van der Waals surface area (Å²) in [6.07, 6.45) is 0. The van der Waals surface area contributed by atoms with E-state index in [1.54, 1.807) is 0 Å². The van der Waals surface area contributed by atoms with Crippen molar-refractivity contribution in [2.75, 3.05) is 0 Å². The molecule has 0 fully saturated rings. The molecule has 0 bridgehead atoms. The Labute approximate surface area is 109 Å². The van der Waals surface area contributed by atoms with Crippen LogP contribution in [0.3, 0.4) is 0 Å². The Bertz CT molecular complexity index is 613. The number of nitrogens with two attached hydrogens (primary N) is 1. The molecule has 94 valence electrons. The van der Waals surface area contributed by atoms with Crippen LogP contribution in [0.2, 0.25) is 0 Å². The highest BCUT2D eigenvalue weighted by Crippen LogP contribution is 2.37. The van der Waals surface area contributed by atoms with Gasteiger partial charge in [-0.1, -0.05) is 5.16 Å². The lowest BCUT2D eigenvalue weighted by Crippen LogP contribution is -1.96. The number of halogens is 1. The first-order valence-electron chi connectivity index (χ1n) is 4.73. The maximum atomic E-state index is 10.8. The number of aromatic nitrogens is 2. The van der Waals surface area contributed by atoms with E-state index in [4.69, 9.17) is 10.3 Å². The lowest BCUT2D eigenvalue weighted by Gasteiger charge is -2.01. The molecule has 18 heavy (non-hydrogen) atoms. The first-order valence-corrected chi connectivity index (χ1v) is 5.52. The van der Waals surface area contributed by atoms with E-state index in [0.717, 1.165) is 6.07 Å². The maximum Gasteiger partial charge on any atom is 0.312 e. The molecule has 8 nitrogen and oxygen atoms in total. The third-order valence-corrected chi connectivity index (χ3v) is 2.75. The second kappa shape index (κ2) is 4.70. The van der Waals surface area contributed by atoms with Gasteiger partial charge >= 0.3 is 5.69 Å². The lowest BCUT2D eigenvalue weighted by molar-refractivity contribution is -0.385. The van der Waals surface area contributed by atoms with Gasteiger partial charge in [0.15, 0.2) is 0 Å². The fraction of sp³-hybridized carbons (Fsp3) is 0.111. The van der Waals surface area contributed by atoms with Crippen molar-refractivity contribution in [1.29, 1.82) is 0 Å². The third kappa shape index (κ3) is 2.17. The number of rotatable bonds is 3. The standard InChI is InChI=1S/C9H7BrN4O4/c10-5-1-4(2-6(8(5)15)14(16)17)9-12-7(3-11)18-13-9/h1-2,15H,3,11H2. The van der Waals surface area contributed by atoms with Gasteiger partial charge in [0.2, 0.25) is 17.5 Å². The van der Waals surface area contributed by atoms with Crippen LogP contribution in [0.5, 0.6) is 5.75 Å². The summed E-state index contributed by atoms with van der Waals surface area (Å²) in [4.78, 5) is 14.0. The lowest BCUT2D eigenvalue weighted by atomic mass is 10.2. The molecular formula is C9H7BrN4O4. The minimum atomic E-state index is -0.701. The predicted molar refractivity (Wildman–Crippen MR) is 63.6 cm³/mol. The number of phenols is 1. The molecule has 0 radical (unpaired) electrons. The average Bonchev–Trinajstić information content (AvgIpc) is 2.80. The summed E-state index contributed by atoms with van der Waals surface area (Å²) in [5.74, 6) is -0.0672. The van der Waals surface area contributed by atoms with Crippen LogP contribution >= 0.6 is 15.9 Å². The Hall–Kier alpha value is -2.00. The van der Waals surface area contributed by atoms with E-state index in [1.807, 2.05) is 0 Å². The number of nitro benzene ring substituents is 1. The summed E-state index contributed by atoms with van der Waals surface area (Å²) in [6, 6.07) is 2.61. The number of hydrogen-bond donors (Lipinski definition) is 2. The largest absolute Gasteiger partial charge is 0.501 e. The molecule has 3 N–H and O–H groups in total. The highest BCUT2D eigenvalue weighted by molar-refractivity contribution is 9.10. The first kappa shape index (κ1) is 12.5. The summed E-state index contributed by atoms with van der Waals surface area (Å²) < 4.78 is 4.98. The molecule has 0 saturated carbocycles. The van der Waals surface area contributed by atoms with Crippen LogP contribution in [-0.2, 0) is 6.54 Å².